The number of halogens is 1. The van der Waals surface area contributed by atoms with E-state index < -0.39 is 15.8 Å². The first-order chi connectivity index (χ1) is 8.88. The molecule has 102 valence electrons. The molecule has 0 aliphatic rings. The van der Waals surface area contributed by atoms with E-state index in [9.17, 15) is 12.8 Å². The van der Waals surface area contributed by atoms with Crippen molar-refractivity contribution in [1.29, 1.82) is 0 Å². The van der Waals surface area contributed by atoms with Crippen LogP contribution in [-0.2, 0) is 23.6 Å². The van der Waals surface area contributed by atoms with Crippen LogP contribution >= 0.6 is 0 Å². The SMILES string of the molecule is Cn1ccc(CNS(=O)(=O)c2cc(F)ccc2N)n1. The molecule has 0 saturated carbocycles. The molecule has 3 N–H and O–H groups in total. The van der Waals surface area contributed by atoms with Crippen molar-refractivity contribution in [3.63, 3.8) is 0 Å². The van der Waals surface area contributed by atoms with Gasteiger partial charge in [-0.05, 0) is 24.3 Å². The lowest BCUT2D eigenvalue weighted by molar-refractivity contribution is 0.576. The Morgan fingerprint density at radius 2 is 2.16 bits per heavy atom. The summed E-state index contributed by atoms with van der Waals surface area (Å²) in [6.45, 7) is 0.0130. The van der Waals surface area contributed by atoms with Gasteiger partial charge in [0.15, 0.2) is 0 Å². The lowest BCUT2D eigenvalue weighted by Crippen LogP contribution is -2.24. The Hall–Kier alpha value is -1.93. The summed E-state index contributed by atoms with van der Waals surface area (Å²) in [7, 11) is -2.14. The lowest BCUT2D eigenvalue weighted by Gasteiger charge is -2.08. The smallest absolute Gasteiger partial charge is 0.243 e. The Bertz CT molecular complexity index is 696. The number of rotatable bonds is 4. The van der Waals surface area contributed by atoms with E-state index in [1.54, 1.807) is 24.0 Å². The summed E-state index contributed by atoms with van der Waals surface area (Å²) in [5.41, 5.74) is 6.09. The van der Waals surface area contributed by atoms with Crippen molar-refractivity contribution in [2.45, 2.75) is 11.4 Å². The van der Waals surface area contributed by atoms with E-state index in [0.717, 1.165) is 12.1 Å². The number of hydrogen-bond acceptors (Lipinski definition) is 4. The molecule has 0 saturated heterocycles. The van der Waals surface area contributed by atoms with Crippen molar-refractivity contribution in [3.8, 4) is 0 Å². The van der Waals surface area contributed by atoms with Gasteiger partial charge < -0.3 is 5.73 Å². The number of hydrogen-bond donors (Lipinski definition) is 2. The van der Waals surface area contributed by atoms with Gasteiger partial charge in [-0.15, -0.1) is 0 Å². The fourth-order valence-corrected chi connectivity index (χ4v) is 2.68. The molecule has 0 atom stereocenters. The van der Waals surface area contributed by atoms with Gasteiger partial charge in [-0.2, -0.15) is 5.10 Å². The van der Waals surface area contributed by atoms with Crippen molar-refractivity contribution in [2.24, 2.45) is 7.05 Å². The first kappa shape index (κ1) is 13.5. The van der Waals surface area contributed by atoms with E-state index in [1.165, 1.54) is 6.07 Å². The number of aromatic nitrogens is 2. The standard InChI is InChI=1S/C11H13FN4O2S/c1-16-5-4-9(15-16)7-14-19(17,18)11-6-8(12)2-3-10(11)13/h2-6,14H,7,13H2,1H3. The Kier molecular flexibility index (Phi) is 3.54. The van der Waals surface area contributed by atoms with E-state index in [4.69, 9.17) is 5.73 Å². The van der Waals surface area contributed by atoms with E-state index >= 15 is 0 Å². The summed E-state index contributed by atoms with van der Waals surface area (Å²) in [5, 5.41) is 4.03. The van der Waals surface area contributed by atoms with Crippen LogP contribution in [0.4, 0.5) is 10.1 Å². The molecule has 0 fully saturated rings. The first-order valence-corrected chi connectivity index (χ1v) is 6.90. The summed E-state index contributed by atoms with van der Waals surface area (Å²) in [6.07, 6.45) is 1.69. The highest BCUT2D eigenvalue weighted by Gasteiger charge is 2.18. The largest absolute Gasteiger partial charge is 0.398 e. The summed E-state index contributed by atoms with van der Waals surface area (Å²) < 4.78 is 40.9. The second-order valence-electron chi connectivity index (χ2n) is 3.99. The van der Waals surface area contributed by atoms with E-state index in [-0.39, 0.29) is 17.1 Å². The maximum absolute atomic E-state index is 13.1. The van der Waals surface area contributed by atoms with Crippen LogP contribution in [0.3, 0.4) is 0 Å². The average molecular weight is 284 g/mol. The van der Waals surface area contributed by atoms with Crippen molar-refractivity contribution in [2.75, 3.05) is 5.73 Å². The number of nitrogen functional groups attached to an aromatic ring is 1. The third-order valence-electron chi connectivity index (χ3n) is 2.48. The average Bonchev–Trinajstić information content (AvgIpc) is 2.76. The van der Waals surface area contributed by atoms with Gasteiger partial charge in [0, 0.05) is 13.2 Å². The van der Waals surface area contributed by atoms with Gasteiger partial charge in [-0.25, -0.2) is 17.5 Å². The fourth-order valence-electron chi connectivity index (χ4n) is 1.55. The molecule has 19 heavy (non-hydrogen) atoms. The van der Waals surface area contributed by atoms with Crippen LogP contribution in [0.15, 0.2) is 35.4 Å². The zero-order valence-electron chi connectivity index (χ0n) is 10.2. The lowest BCUT2D eigenvalue weighted by atomic mass is 10.3. The molecular weight excluding hydrogens is 271 g/mol. The monoisotopic (exact) mass is 284 g/mol. The number of benzene rings is 1. The number of aryl methyl sites for hydroxylation is 1. The van der Waals surface area contributed by atoms with Crippen LogP contribution in [0.2, 0.25) is 0 Å². The molecule has 1 heterocycles. The molecule has 0 radical (unpaired) electrons. The van der Waals surface area contributed by atoms with Crippen molar-refractivity contribution < 1.29 is 12.8 Å². The fraction of sp³-hybridized carbons (Fsp3) is 0.182. The third kappa shape index (κ3) is 3.09. The van der Waals surface area contributed by atoms with Crippen LogP contribution in [0.5, 0.6) is 0 Å². The van der Waals surface area contributed by atoms with Gasteiger partial charge in [0.2, 0.25) is 10.0 Å². The Balaban J connectivity index is 2.20. The molecule has 2 aromatic rings. The third-order valence-corrected chi connectivity index (χ3v) is 3.93. The summed E-state index contributed by atoms with van der Waals surface area (Å²) >= 11 is 0. The maximum Gasteiger partial charge on any atom is 0.243 e. The summed E-state index contributed by atoms with van der Waals surface area (Å²) in [4.78, 5) is -0.275. The molecule has 0 amide bonds. The molecule has 1 aromatic heterocycles. The normalized spacial score (nSPS) is 11.7. The Morgan fingerprint density at radius 3 is 2.79 bits per heavy atom. The van der Waals surface area contributed by atoms with Gasteiger partial charge in [0.1, 0.15) is 10.7 Å². The zero-order valence-corrected chi connectivity index (χ0v) is 11.0. The number of nitrogens with one attached hydrogen (secondary N) is 1. The number of nitrogens with two attached hydrogens (primary N) is 1. The highest BCUT2D eigenvalue weighted by molar-refractivity contribution is 7.89. The summed E-state index contributed by atoms with van der Waals surface area (Å²) in [5.74, 6) is -0.660. The predicted molar refractivity (Wildman–Crippen MR) is 68.0 cm³/mol. The van der Waals surface area contributed by atoms with Gasteiger partial charge in [0.05, 0.1) is 17.9 Å². The highest BCUT2D eigenvalue weighted by Crippen LogP contribution is 2.19. The topological polar surface area (TPSA) is 90.0 Å². The molecule has 0 aliphatic heterocycles. The van der Waals surface area contributed by atoms with Crippen LogP contribution in [-0.4, -0.2) is 18.2 Å². The van der Waals surface area contributed by atoms with Crippen LogP contribution in [0, 0.1) is 5.82 Å². The van der Waals surface area contributed by atoms with Crippen molar-refractivity contribution in [3.05, 3.63) is 42.0 Å². The van der Waals surface area contributed by atoms with E-state index in [2.05, 4.69) is 9.82 Å². The first-order valence-electron chi connectivity index (χ1n) is 5.42. The van der Waals surface area contributed by atoms with Crippen LogP contribution < -0.4 is 10.5 Å². The quantitative estimate of drug-likeness (QED) is 0.805. The van der Waals surface area contributed by atoms with Gasteiger partial charge >= 0.3 is 0 Å². The minimum atomic E-state index is -3.87. The Morgan fingerprint density at radius 1 is 1.42 bits per heavy atom. The molecule has 6 nitrogen and oxygen atoms in total. The molecule has 0 aliphatic carbocycles. The molecule has 0 bridgehead atoms. The van der Waals surface area contributed by atoms with E-state index in [0.29, 0.717) is 5.69 Å². The van der Waals surface area contributed by atoms with Gasteiger partial charge in [-0.3, -0.25) is 4.68 Å². The second kappa shape index (κ2) is 4.98. The van der Waals surface area contributed by atoms with Crippen molar-refractivity contribution in [1.82, 2.24) is 14.5 Å². The zero-order chi connectivity index (χ0) is 14.0. The minimum absolute atomic E-state index is 0.00470. The second-order valence-corrected chi connectivity index (χ2v) is 5.72. The van der Waals surface area contributed by atoms with Crippen molar-refractivity contribution >= 4 is 15.7 Å². The molecule has 2 rings (SSSR count). The number of anilines is 1. The summed E-state index contributed by atoms with van der Waals surface area (Å²) in [6, 6.07) is 4.88. The molecule has 0 unspecified atom stereocenters. The molecular formula is C11H13FN4O2S. The van der Waals surface area contributed by atoms with Gasteiger partial charge in [-0.1, -0.05) is 0 Å². The van der Waals surface area contributed by atoms with E-state index in [1.807, 2.05) is 0 Å². The minimum Gasteiger partial charge on any atom is -0.398 e. The number of sulfonamides is 1. The number of nitrogens with zero attached hydrogens (tertiary/aromatic N) is 2. The molecule has 0 spiro atoms. The van der Waals surface area contributed by atoms with Crippen LogP contribution in [0.1, 0.15) is 5.69 Å². The predicted octanol–water partition coefficient (Wildman–Crippen LogP) is 0.620. The Labute approximate surface area is 110 Å². The highest BCUT2D eigenvalue weighted by atomic mass is 32.2. The van der Waals surface area contributed by atoms with Gasteiger partial charge in [0.25, 0.3) is 0 Å². The molecule has 1 aromatic carbocycles. The maximum atomic E-state index is 13.1. The molecule has 8 heteroatoms. The van der Waals surface area contributed by atoms with Crippen LogP contribution in [0.25, 0.3) is 0 Å².